The van der Waals surface area contributed by atoms with Crippen LogP contribution in [0.25, 0.3) is 0 Å². The van der Waals surface area contributed by atoms with Crippen molar-refractivity contribution in [1.29, 1.82) is 0 Å². The Hall–Kier alpha value is -2.17. The van der Waals surface area contributed by atoms with E-state index in [1.807, 2.05) is 4.90 Å². The van der Waals surface area contributed by atoms with Crippen molar-refractivity contribution in [3.8, 4) is 0 Å². The van der Waals surface area contributed by atoms with Crippen LogP contribution in [0, 0.1) is 11.8 Å². The van der Waals surface area contributed by atoms with Crippen molar-refractivity contribution in [2.45, 2.75) is 38.5 Å². The maximum Gasteiger partial charge on any atom is 0.261 e. The molecule has 0 aromatic heterocycles. The summed E-state index contributed by atoms with van der Waals surface area (Å²) in [6.07, 6.45) is 6.47. The molecule has 1 aromatic carbocycles. The van der Waals surface area contributed by atoms with E-state index in [1.165, 1.54) is 30.6 Å². The summed E-state index contributed by atoms with van der Waals surface area (Å²) in [5, 5.41) is 0. The second kappa shape index (κ2) is 6.62. The maximum absolute atomic E-state index is 12.6. The molecule has 1 aliphatic carbocycles. The normalized spacial score (nSPS) is 25.8. The summed E-state index contributed by atoms with van der Waals surface area (Å²) in [5.41, 5.74) is 0.894. The van der Waals surface area contributed by atoms with Gasteiger partial charge in [0.05, 0.1) is 11.1 Å². The van der Waals surface area contributed by atoms with Crippen molar-refractivity contribution in [3.05, 3.63) is 35.4 Å². The first kappa shape index (κ1) is 16.3. The zero-order valence-electron chi connectivity index (χ0n) is 14.4. The van der Waals surface area contributed by atoms with Crippen LogP contribution < -0.4 is 0 Å². The van der Waals surface area contributed by atoms with Gasteiger partial charge < -0.3 is 4.90 Å². The molecule has 3 amide bonds. The van der Waals surface area contributed by atoms with Crippen LogP contribution in [0.2, 0.25) is 0 Å². The van der Waals surface area contributed by atoms with E-state index in [-0.39, 0.29) is 30.7 Å². The van der Waals surface area contributed by atoms with Crippen LogP contribution in [0.1, 0.15) is 59.2 Å². The minimum atomic E-state index is -0.278. The predicted molar refractivity (Wildman–Crippen MR) is 93.1 cm³/mol. The van der Waals surface area contributed by atoms with Gasteiger partial charge in [-0.2, -0.15) is 0 Å². The Bertz CT molecular complexity index is 680. The Morgan fingerprint density at radius 1 is 0.960 bits per heavy atom. The summed E-state index contributed by atoms with van der Waals surface area (Å²) in [4.78, 5) is 40.5. The molecule has 132 valence electrons. The molecule has 2 fully saturated rings. The maximum atomic E-state index is 12.6. The third-order valence-corrected chi connectivity index (χ3v) is 6.07. The van der Waals surface area contributed by atoms with Gasteiger partial charge in [0, 0.05) is 26.1 Å². The lowest BCUT2D eigenvalue weighted by Gasteiger charge is -2.41. The Morgan fingerprint density at radius 3 is 2.28 bits per heavy atom. The first-order chi connectivity index (χ1) is 12.1. The Labute approximate surface area is 148 Å². The molecule has 3 aliphatic rings. The van der Waals surface area contributed by atoms with Gasteiger partial charge in [0.25, 0.3) is 11.8 Å². The standard InChI is InChI=1S/C20H24N2O3/c23-18(21-11-9-14-5-1-2-6-15(14)13-21)10-12-22-19(24)16-7-3-4-8-17(16)20(22)25/h3-4,7-8,14-15H,1-2,5-6,9-13H2. The summed E-state index contributed by atoms with van der Waals surface area (Å²) < 4.78 is 0. The highest BCUT2D eigenvalue weighted by molar-refractivity contribution is 6.21. The Balaban J connectivity index is 1.35. The monoisotopic (exact) mass is 340 g/mol. The number of nitrogens with zero attached hydrogens (tertiary/aromatic N) is 2. The van der Waals surface area contributed by atoms with E-state index in [0.717, 1.165) is 25.4 Å². The number of hydrogen-bond acceptors (Lipinski definition) is 3. The van der Waals surface area contributed by atoms with Gasteiger partial charge in [-0.15, -0.1) is 0 Å². The Morgan fingerprint density at radius 2 is 1.60 bits per heavy atom. The van der Waals surface area contributed by atoms with Gasteiger partial charge in [0.15, 0.2) is 0 Å². The smallest absolute Gasteiger partial charge is 0.261 e. The number of rotatable bonds is 3. The van der Waals surface area contributed by atoms with Crippen molar-refractivity contribution in [1.82, 2.24) is 9.80 Å². The van der Waals surface area contributed by atoms with Crippen molar-refractivity contribution in [2.75, 3.05) is 19.6 Å². The molecule has 5 nitrogen and oxygen atoms in total. The summed E-state index contributed by atoms with van der Waals surface area (Å²) in [5.74, 6) is 0.944. The zero-order valence-corrected chi connectivity index (χ0v) is 14.4. The number of imide groups is 1. The molecule has 1 saturated heterocycles. The first-order valence-electron chi connectivity index (χ1n) is 9.38. The largest absolute Gasteiger partial charge is 0.342 e. The van der Waals surface area contributed by atoms with Gasteiger partial charge >= 0.3 is 0 Å². The van der Waals surface area contributed by atoms with Crippen LogP contribution in [0.5, 0.6) is 0 Å². The van der Waals surface area contributed by atoms with Crippen LogP contribution in [-0.4, -0.2) is 47.2 Å². The van der Waals surface area contributed by atoms with E-state index < -0.39 is 0 Å². The molecule has 0 radical (unpaired) electrons. The highest BCUT2D eigenvalue weighted by Crippen LogP contribution is 2.36. The molecule has 4 rings (SSSR count). The van der Waals surface area contributed by atoms with Crippen LogP contribution >= 0.6 is 0 Å². The fourth-order valence-corrected chi connectivity index (χ4v) is 4.64. The third-order valence-electron chi connectivity index (χ3n) is 6.07. The second-order valence-corrected chi connectivity index (χ2v) is 7.49. The van der Waals surface area contributed by atoms with Gasteiger partial charge in [0.1, 0.15) is 0 Å². The summed E-state index contributed by atoms with van der Waals surface area (Å²) in [6, 6.07) is 6.86. The van der Waals surface area contributed by atoms with Crippen molar-refractivity contribution in [3.63, 3.8) is 0 Å². The third kappa shape index (κ3) is 2.96. The van der Waals surface area contributed by atoms with Crippen LogP contribution in [0.4, 0.5) is 0 Å². The van der Waals surface area contributed by atoms with E-state index in [2.05, 4.69) is 0 Å². The summed E-state index contributed by atoms with van der Waals surface area (Å²) in [7, 11) is 0. The number of carbonyl (C=O) groups excluding carboxylic acids is 3. The van der Waals surface area contributed by atoms with Gasteiger partial charge in [0.2, 0.25) is 5.91 Å². The SMILES string of the molecule is O=C(CCN1C(=O)c2ccccc2C1=O)N1CCC2CCCCC2C1. The Kier molecular flexibility index (Phi) is 4.32. The highest BCUT2D eigenvalue weighted by Gasteiger charge is 2.36. The molecule has 1 saturated carbocycles. The first-order valence-corrected chi connectivity index (χ1v) is 9.38. The van der Waals surface area contributed by atoms with Gasteiger partial charge in [-0.3, -0.25) is 19.3 Å². The van der Waals surface area contributed by atoms with E-state index in [1.54, 1.807) is 24.3 Å². The van der Waals surface area contributed by atoms with Crippen molar-refractivity contribution >= 4 is 17.7 Å². The fourth-order valence-electron chi connectivity index (χ4n) is 4.64. The molecule has 2 unspecified atom stereocenters. The topological polar surface area (TPSA) is 57.7 Å². The molecule has 5 heteroatoms. The van der Waals surface area contributed by atoms with Crippen LogP contribution in [-0.2, 0) is 4.79 Å². The average molecular weight is 340 g/mol. The fraction of sp³-hybridized carbons (Fsp3) is 0.550. The summed E-state index contributed by atoms with van der Waals surface area (Å²) >= 11 is 0. The number of piperidine rings is 1. The number of amides is 3. The molecule has 2 heterocycles. The molecule has 0 spiro atoms. The number of fused-ring (bicyclic) bond motifs is 2. The van der Waals surface area contributed by atoms with E-state index in [9.17, 15) is 14.4 Å². The van der Waals surface area contributed by atoms with Crippen molar-refractivity contribution in [2.24, 2.45) is 11.8 Å². The lowest BCUT2D eigenvalue weighted by molar-refractivity contribution is -0.134. The number of carbonyl (C=O) groups is 3. The number of benzene rings is 1. The molecule has 2 atom stereocenters. The molecule has 0 bridgehead atoms. The molecular formula is C20H24N2O3. The predicted octanol–water partition coefficient (Wildman–Crippen LogP) is 2.71. The number of likely N-dealkylation sites (tertiary alicyclic amines) is 1. The molecule has 0 N–H and O–H groups in total. The zero-order chi connectivity index (χ0) is 17.4. The van der Waals surface area contributed by atoms with Crippen LogP contribution in [0.15, 0.2) is 24.3 Å². The molecule has 1 aromatic rings. The quantitative estimate of drug-likeness (QED) is 0.795. The van der Waals surface area contributed by atoms with E-state index in [0.29, 0.717) is 17.0 Å². The summed E-state index contributed by atoms with van der Waals surface area (Å²) in [6.45, 7) is 1.85. The highest BCUT2D eigenvalue weighted by atomic mass is 16.2. The minimum absolute atomic E-state index is 0.0700. The van der Waals surface area contributed by atoms with Crippen molar-refractivity contribution < 1.29 is 14.4 Å². The minimum Gasteiger partial charge on any atom is -0.342 e. The second-order valence-electron chi connectivity index (χ2n) is 7.49. The van der Waals surface area contributed by atoms with Gasteiger partial charge in [-0.05, 0) is 36.8 Å². The van der Waals surface area contributed by atoms with Gasteiger partial charge in [-0.25, -0.2) is 0 Å². The van der Waals surface area contributed by atoms with E-state index in [4.69, 9.17) is 0 Å². The molecule has 2 aliphatic heterocycles. The average Bonchev–Trinajstić information content (AvgIpc) is 2.90. The lowest BCUT2D eigenvalue weighted by atomic mass is 9.75. The molecular weight excluding hydrogens is 316 g/mol. The van der Waals surface area contributed by atoms with E-state index >= 15 is 0 Å². The number of hydrogen-bond donors (Lipinski definition) is 0. The molecule has 25 heavy (non-hydrogen) atoms. The van der Waals surface area contributed by atoms with Gasteiger partial charge in [-0.1, -0.05) is 31.4 Å². The lowest BCUT2D eigenvalue weighted by Crippen LogP contribution is -2.45. The van der Waals surface area contributed by atoms with Crippen LogP contribution in [0.3, 0.4) is 0 Å².